The Morgan fingerprint density at radius 2 is 1.91 bits per heavy atom. The highest BCUT2D eigenvalue weighted by atomic mass is 35.5. The van der Waals surface area contributed by atoms with Gasteiger partial charge in [-0.25, -0.2) is 4.39 Å². The zero-order chi connectivity index (χ0) is 16.6. The molecule has 0 N–H and O–H groups in total. The lowest BCUT2D eigenvalue weighted by Crippen LogP contribution is -2.16. The summed E-state index contributed by atoms with van der Waals surface area (Å²) >= 11 is 7.23. The van der Waals surface area contributed by atoms with Gasteiger partial charge in [0.25, 0.3) is 10.0 Å². The summed E-state index contributed by atoms with van der Waals surface area (Å²) in [5.74, 6) is -0.496. The third-order valence-electron chi connectivity index (χ3n) is 3.27. The third kappa shape index (κ3) is 3.17. The van der Waals surface area contributed by atoms with Crippen LogP contribution in [-0.2, 0) is 16.6 Å². The standard InChI is InChI=1S/C15H12ClFN2O2S2/c1-2-19-13-8-3-10(16)9-14(13)22-15(19)18-23(20,21)12-6-4-11(17)5-7-12/h3-9H,2H2,1H3. The van der Waals surface area contributed by atoms with Crippen molar-refractivity contribution in [1.82, 2.24) is 4.57 Å². The number of aryl methyl sites for hydroxylation is 1. The average molecular weight is 371 g/mol. The van der Waals surface area contributed by atoms with E-state index in [1.807, 2.05) is 13.0 Å². The first-order valence-electron chi connectivity index (χ1n) is 6.76. The molecule has 0 radical (unpaired) electrons. The number of benzene rings is 2. The van der Waals surface area contributed by atoms with Gasteiger partial charge in [-0.1, -0.05) is 22.9 Å². The van der Waals surface area contributed by atoms with Gasteiger partial charge >= 0.3 is 0 Å². The van der Waals surface area contributed by atoms with Gasteiger partial charge in [-0.05, 0) is 49.4 Å². The van der Waals surface area contributed by atoms with Crippen molar-refractivity contribution in [3.05, 3.63) is 58.1 Å². The first kappa shape index (κ1) is 16.2. The fraction of sp³-hybridized carbons (Fsp3) is 0.133. The molecule has 0 atom stereocenters. The molecule has 23 heavy (non-hydrogen) atoms. The van der Waals surface area contributed by atoms with Crippen molar-refractivity contribution in [1.29, 1.82) is 0 Å². The summed E-state index contributed by atoms with van der Waals surface area (Å²) in [6.45, 7) is 2.48. The molecule has 0 aliphatic heterocycles. The molecule has 3 aromatic rings. The van der Waals surface area contributed by atoms with E-state index in [0.717, 1.165) is 22.3 Å². The second kappa shape index (κ2) is 6.07. The molecule has 0 saturated heterocycles. The second-order valence-corrected chi connectivity index (χ2v) is 7.81. The van der Waals surface area contributed by atoms with E-state index in [2.05, 4.69) is 4.40 Å². The third-order valence-corrected chi connectivity index (χ3v) is 5.94. The van der Waals surface area contributed by atoms with Gasteiger partial charge in [0.2, 0.25) is 4.80 Å². The summed E-state index contributed by atoms with van der Waals surface area (Å²) < 4.78 is 44.3. The van der Waals surface area contributed by atoms with E-state index in [1.54, 1.807) is 16.7 Å². The molecular weight excluding hydrogens is 359 g/mol. The molecule has 120 valence electrons. The maximum Gasteiger partial charge on any atom is 0.285 e. The number of aromatic nitrogens is 1. The molecule has 0 aliphatic carbocycles. The molecule has 3 rings (SSSR count). The highest BCUT2D eigenvalue weighted by Gasteiger charge is 2.14. The fourth-order valence-corrected chi connectivity index (χ4v) is 4.76. The first-order chi connectivity index (χ1) is 10.9. The SMILES string of the molecule is CCn1c(=NS(=O)(=O)c2ccc(F)cc2)sc2cc(Cl)ccc21. The number of nitrogens with zero attached hydrogens (tertiary/aromatic N) is 2. The molecule has 0 bridgehead atoms. The Morgan fingerprint density at radius 1 is 1.22 bits per heavy atom. The van der Waals surface area contributed by atoms with E-state index in [0.29, 0.717) is 16.4 Å². The largest absolute Gasteiger partial charge is 0.316 e. The Labute approximate surface area is 141 Å². The maximum atomic E-state index is 13.0. The molecule has 8 heteroatoms. The van der Waals surface area contributed by atoms with Crippen molar-refractivity contribution in [2.75, 3.05) is 0 Å². The second-order valence-electron chi connectivity index (χ2n) is 4.76. The molecule has 4 nitrogen and oxygen atoms in total. The minimum absolute atomic E-state index is 0.0444. The van der Waals surface area contributed by atoms with Gasteiger partial charge in [0.05, 0.1) is 15.1 Å². The van der Waals surface area contributed by atoms with Gasteiger partial charge in [-0.15, -0.1) is 4.40 Å². The monoisotopic (exact) mass is 370 g/mol. The molecule has 0 saturated carbocycles. The predicted octanol–water partition coefficient (Wildman–Crippen LogP) is 3.80. The van der Waals surface area contributed by atoms with Crippen molar-refractivity contribution < 1.29 is 12.8 Å². The Balaban J connectivity index is 2.22. The Bertz CT molecular complexity index is 1040. The lowest BCUT2D eigenvalue weighted by atomic mass is 10.3. The van der Waals surface area contributed by atoms with Gasteiger partial charge in [-0.3, -0.25) is 0 Å². The number of rotatable bonds is 3. The molecule has 0 fully saturated rings. The minimum Gasteiger partial charge on any atom is -0.316 e. The van der Waals surface area contributed by atoms with E-state index in [1.165, 1.54) is 23.5 Å². The normalized spacial score (nSPS) is 12.9. The van der Waals surface area contributed by atoms with Crippen LogP contribution in [0.2, 0.25) is 5.02 Å². The van der Waals surface area contributed by atoms with Crippen LogP contribution in [0.3, 0.4) is 0 Å². The van der Waals surface area contributed by atoms with Crippen LogP contribution in [0.25, 0.3) is 10.2 Å². The summed E-state index contributed by atoms with van der Waals surface area (Å²) in [5.41, 5.74) is 0.870. The van der Waals surface area contributed by atoms with Crippen LogP contribution in [0, 0.1) is 5.82 Å². The molecule has 0 aliphatic rings. The topological polar surface area (TPSA) is 51.4 Å². The Morgan fingerprint density at radius 3 is 2.57 bits per heavy atom. The van der Waals surface area contributed by atoms with Gasteiger partial charge in [0, 0.05) is 11.6 Å². The zero-order valence-electron chi connectivity index (χ0n) is 12.0. The average Bonchev–Trinajstić information content (AvgIpc) is 2.82. The molecule has 0 amide bonds. The summed E-state index contributed by atoms with van der Waals surface area (Å²) in [6, 6.07) is 9.96. The van der Waals surface area contributed by atoms with E-state index >= 15 is 0 Å². The number of hydrogen-bond donors (Lipinski definition) is 0. The Hall–Kier alpha value is -1.70. The number of halogens is 2. The summed E-state index contributed by atoms with van der Waals surface area (Å²) in [4.78, 5) is 0.311. The summed E-state index contributed by atoms with van der Waals surface area (Å²) in [5, 5.41) is 0.579. The zero-order valence-corrected chi connectivity index (χ0v) is 14.4. The number of sulfonamides is 1. The van der Waals surface area contributed by atoms with Crippen molar-refractivity contribution in [2.45, 2.75) is 18.4 Å². The van der Waals surface area contributed by atoms with Crippen molar-refractivity contribution >= 4 is 43.2 Å². The van der Waals surface area contributed by atoms with Crippen LogP contribution in [0.1, 0.15) is 6.92 Å². The van der Waals surface area contributed by atoms with Crippen molar-refractivity contribution in [2.24, 2.45) is 4.40 Å². The smallest absolute Gasteiger partial charge is 0.285 e. The van der Waals surface area contributed by atoms with Crippen LogP contribution in [0.5, 0.6) is 0 Å². The van der Waals surface area contributed by atoms with Crippen molar-refractivity contribution in [3.63, 3.8) is 0 Å². The predicted molar refractivity (Wildman–Crippen MR) is 89.6 cm³/mol. The quantitative estimate of drug-likeness (QED) is 0.704. The van der Waals surface area contributed by atoms with Gasteiger partial charge in [0.1, 0.15) is 5.82 Å². The fourth-order valence-electron chi connectivity index (χ4n) is 2.18. The van der Waals surface area contributed by atoms with E-state index in [9.17, 15) is 12.8 Å². The summed E-state index contributed by atoms with van der Waals surface area (Å²) in [6.07, 6.45) is 0. The minimum atomic E-state index is -3.91. The van der Waals surface area contributed by atoms with Crippen LogP contribution in [0.4, 0.5) is 4.39 Å². The number of thiazole rings is 1. The maximum absolute atomic E-state index is 13.0. The van der Waals surface area contributed by atoms with Gasteiger partial charge < -0.3 is 4.57 Å². The van der Waals surface area contributed by atoms with Crippen LogP contribution in [0.15, 0.2) is 51.8 Å². The first-order valence-corrected chi connectivity index (χ1v) is 9.39. The molecule has 0 unspecified atom stereocenters. The Kier molecular flexibility index (Phi) is 4.27. The lowest BCUT2D eigenvalue weighted by molar-refractivity contribution is 0.594. The number of hydrogen-bond acceptors (Lipinski definition) is 3. The molecular formula is C15H12ClFN2O2S2. The van der Waals surface area contributed by atoms with E-state index < -0.39 is 15.8 Å². The summed E-state index contributed by atoms with van der Waals surface area (Å²) in [7, 11) is -3.91. The lowest BCUT2D eigenvalue weighted by Gasteiger charge is -2.01. The van der Waals surface area contributed by atoms with E-state index in [-0.39, 0.29) is 4.90 Å². The number of fused-ring (bicyclic) bond motifs is 1. The van der Waals surface area contributed by atoms with Crippen LogP contribution in [-0.4, -0.2) is 13.0 Å². The molecule has 2 aromatic carbocycles. The highest BCUT2D eigenvalue weighted by molar-refractivity contribution is 7.90. The molecule has 0 spiro atoms. The van der Waals surface area contributed by atoms with E-state index in [4.69, 9.17) is 11.6 Å². The van der Waals surface area contributed by atoms with Crippen LogP contribution < -0.4 is 4.80 Å². The molecule has 1 heterocycles. The van der Waals surface area contributed by atoms with Crippen LogP contribution >= 0.6 is 22.9 Å². The molecule has 1 aromatic heterocycles. The van der Waals surface area contributed by atoms with Gasteiger partial charge in [-0.2, -0.15) is 8.42 Å². The van der Waals surface area contributed by atoms with Crippen molar-refractivity contribution in [3.8, 4) is 0 Å². The van der Waals surface area contributed by atoms with Gasteiger partial charge in [0.15, 0.2) is 0 Å². The highest BCUT2D eigenvalue weighted by Crippen LogP contribution is 2.22.